The Kier molecular flexibility index (Phi) is 4.73. The Hall–Kier alpha value is -1.40. The van der Waals surface area contributed by atoms with Gasteiger partial charge in [-0.25, -0.2) is 13.1 Å². The molecule has 0 aromatic heterocycles. The number of aryl methyl sites for hydroxylation is 2. The minimum Gasteiger partial charge on any atom is -0.338 e. The summed E-state index contributed by atoms with van der Waals surface area (Å²) in [6, 6.07) is 6.07. The maximum absolute atomic E-state index is 12.7. The molecule has 126 valence electrons. The molecule has 1 saturated heterocycles. The van der Waals surface area contributed by atoms with Crippen LogP contribution in [-0.2, 0) is 22.9 Å². The van der Waals surface area contributed by atoms with E-state index in [1.54, 1.807) is 0 Å². The lowest BCUT2D eigenvalue weighted by Gasteiger charge is -2.33. The maximum Gasteiger partial charge on any atom is 0.253 e. The molecule has 0 saturated carbocycles. The summed E-state index contributed by atoms with van der Waals surface area (Å²) in [5.41, 5.74) is 3.45. The van der Waals surface area contributed by atoms with Crippen LogP contribution < -0.4 is 4.72 Å². The number of carbonyl (C=O) groups is 1. The minimum atomic E-state index is -3.17. The van der Waals surface area contributed by atoms with Gasteiger partial charge in [0.1, 0.15) is 0 Å². The lowest BCUT2D eigenvalue weighted by Crippen LogP contribution is -2.43. The van der Waals surface area contributed by atoms with Gasteiger partial charge in [-0.2, -0.15) is 0 Å². The van der Waals surface area contributed by atoms with Crippen LogP contribution in [-0.4, -0.2) is 45.1 Å². The van der Waals surface area contributed by atoms with Crippen LogP contribution in [0.5, 0.6) is 0 Å². The highest BCUT2D eigenvalue weighted by Gasteiger charge is 2.25. The molecule has 23 heavy (non-hydrogen) atoms. The third-order valence-corrected chi connectivity index (χ3v) is 5.48. The molecule has 1 atom stereocenters. The second-order valence-corrected chi connectivity index (χ2v) is 8.55. The Morgan fingerprint density at radius 3 is 2.83 bits per heavy atom. The highest BCUT2D eigenvalue weighted by atomic mass is 32.2. The largest absolute Gasteiger partial charge is 0.338 e. The molecule has 2 aliphatic rings. The lowest BCUT2D eigenvalue weighted by molar-refractivity contribution is 0.0676. The summed E-state index contributed by atoms with van der Waals surface area (Å²) in [4.78, 5) is 14.6. The summed E-state index contributed by atoms with van der Waals surface area (Å²) in [6.45, 7) is 1.79. The molecular formula is C17H24N2O3S. The molecule has 1 amide bonds. The Labute approximate surface area is 138 Å². The summed E-state index contributed by atoms with van der Waals surface area (Å²) in [6.07, 6.45) is 6.41. The van der Waals surface area contributed by atoms with Crippen LogP contribution >= 0.6 is 0 Å². The fourth-order valence-electron chi connectivity index (χ4n) is 3.57. The SMILES string of the molecule is CS(=O)(=O)NCC1CCCN(C(=O)c2ccc3c(c2)CCC3)C1. The second-order valence-electron chi connectivity index (χ2n) is 6.72. The predicted octanol–water partition coefficient (Wildman–Crippen LogP) is 1.58. The fourth-order valence-corrected chi connectivity index (χ4v) is 4.11. The molecule has 6 heteroatoms. The van der Waals surface area contributed by atoms with E-state index in [4.69, 9.17) is 0 Å². The van der Waals surface area contributed by atoms with Crippen molar-refractivity contribution in [2.45, 2.75) is 32.1 Å². The van der Waals surface area contributed by atoms with E-state index in [0.717, 1.165) is 37.8 Å². The summed E-state index contributed by atoms with van der Waals surface area (Å²) < 4.78 is 25.0. The summed E-state index contributed by atoms with van der Waals surface area (Å²) >= 11 is 0. The van der Waals surface area contributed by atoms with Crippen LogP contribution in [0.1, 0.15) is 40.7 Å². The van der Waals surface area contributed by atoms with Gasteiger partial charge in [0.25, 0.3) is 5.91 Å². The Morgan fingerprint density at radius 1 is 1.26 bits per heavy atom. The van der Waals surface area contributed by atoms with Crippen molar-refractivity contribution in [3.8, 4) is 0 Å². The number of sulfonamides is 1. The molecule has 1 N–H and O–H groups in total. The maximum atomic E-state index is 12.7. The van der Waals surface area contributed by atoms with Crippen molar-refractivity contribution < 1.29 is 13.2 Å². The zero-order valence-electron chi connectivity index (χ0n) is 13.5. The van der Waals surface area contributed by atoms with Crippen molar-refractivity contribution in [3.05, 3.63) is 34.9 Å². The molecule has 1 aromatic rings. The number of piperidine rings is 1. The van der Waals surface area contributed by atoms with Crippen LogP contribution in [0.25, 0.3) is 0 Å². The number of nitrogens with zero attached hydrogens (tertiary/aromatic N) is 1. The average Bonchev–Trinajstić information content (AvgIpc) is 2.99. The number of benzene rings is 1. The van der Waals surface area contributed by atoms with E-state index >= 15 is 0 Å². The Balaban J connectivity index is 1.65. The monoisotopic (exact) mass is 336 g/mol. The number of hydrogen-bond acceptors (Lipinski definition) is 3. The van der Waals surface area contributed by atoms with Gasteiger partial charge in [0.15, 0.2) is 0 Å². The van der Waals surface area contributed by atoms with E-state index in [1.807, 2.05) is 17.0 Å². The molecular weight excluding hydrogens is 312 g/mol. The van der Waals surface area contributed by atoms with Crippen LogP contribution in [0.15, 0.2) is 18.2 Å². The molecule has 1 fully saturated rings. The molecule has 1 aliphatic carbocycles. The molecule has 0 spiro atoms. The van der Waals surface area contributed by atoms with Crippen molar-refractivity contribution in [2.24, 2.45) is 5.92 Å². The summed E-state index contributed by atoms with van der Waals surface area (Å²) in [7, 11) is -3.17. The smallest absolute Gasteiger partial charge is 0.253 e. The van der Waals surface area contributed by atoms with Crippen LogP contribution in [0, 0.1) is 5.92 Å². The zero-order valence-corrected chi connectivity index (χ0v) is 14.4. The van der Waals surface area contributed by atoms with Gasteiger partial charge in [0.05, 0.1) is 6.26 Å². The minimum absolute atomic E-state index is 0.0729. The van der Waals surface area contributed by atoms with E-state index in [2.05, 4.69) is 10.8 Å². The van der Waals surface area contributed by atoms with Gasteiger partial charge in [0.2, 0.25) is 10.0 Å². The topological polar surface area (TPSA) is 66.5 Å². The number of hydrogen-bond donors (Lipinski definition) is 1. The van der Waals surface area contributed by atoms with Gasteiger partial charge >= 0.3 is 0 Å². The number of fused-ring (bicyclic) bond motifs is 1. The first-order valence-corrected chi connectivity index (χ1v) is 10.2. The molecule has 1 aromatic carbocycles. The molecule has 1 unspecified atom stereocenters. The van der Waals surface area contributed by atoms with E-state index < -0.39 is 10.0 Å². The highest BCUT2D eigenvalue weighted by Crippen LogP contribution is 2.24. The van der Waals surface area contributed by atoms with E-state index in [1.165, 1.54) is 23.8 Å². The molecule has 0 radical (unpaired) electrons. The highest BCUT2D eigenvalue weighted by molar-refractivity contribution is 7.88. The Bertz CT molecular complexity index is 700. The van der Waals surface area contributed by atoms with Crippen molar-refractivity contribution in [1.29, 1.82) is 0 Å². The predicted molar refractivity (Wildman–Crippen MR) is 89.9 cm³/mol. The van der Waals surface area contributed by atoms with E-state index in [-0.39, 0.29) is 11.8 Å². The van der Waals surface area contributed by atoms with E-state index in [0.29, 0.717) is 13.1 Å². The molecule has 3 rings (SSSR count). The van der Waals surface area contributed by atoms with Gasteiger partial charge in [0, 0.05) is 25.2 Å². The third kappa shape index (κ3) is 4.12. The normalized spacial score (nSPS) is 21.3. The zero-order chi connectivity index (χ0) is 16.4. The van der Waals surface area contributed by atoms with Gasteiger partial charge in [-0.05, 0) is 61.3 Å². The first-order valence-electron chi connectivity index (χ1n) is 8.28. The second kappa shape index (κ2) is 6.61. The summed E-state index contributed by atoms with van der Waals surface area (Å²) in [5, 5.41) is 0. The first kappa shape index (κ1) is 16.5. The van der Waals surface area contributed by atoms with Gasteiger partial charge in [-0.3, -0.25) is 4.79 Å². The number of rotatable bonds is 4. The van der Waals surface area contributed by atoms with Crippen molar-refractivity contribution in [3.63, 3.8) is 0 Å². The fraction of sp³-hybridized carbons (Fsp3) is 0.588. The van der Waals surface area contributed by atoms with E-state index in [9.17, 15) is 13.2 Å². The van der Waals surface area contributed by atoms with Crippen LogP contribution in [0.3, 0.4) is 0 Å². The van der Waals surface area contributed by atoms with Gasteiger partial charge in [-0.15, -0.1) is 0 Å². The first-order chi connectivity index (χ1) is 10.9. The van der Waals surface area contributed by atoms with Crippen molar-refractivity contribution in [1.82, 2.24) is 9.62 Å². The number of nitrogens with one attached hydrogen (secondary N) is 1. The van der Waals surface area contributed by atoms with Crippen LogP contribution in [0.2, 0.25) is 0 Å². The Morgan fingerprint density at radius 2 is 2.04 bits per heavy atom. The molecule has 1 aliphatic heterocycles. The quantitative estimate of drug-likeness (QED) is 0.908. The standard InChI is InChI=1S/C17H24N2O3S/c1-23(21,22)18-11-13-4-3-9-19(12-13)17(20)16-8-7-14-5-2-6-15(14)10-16/h7-8,10,13,18H,2-6,9,11-12H2,1H3. The van der Waals surface area contributed by atoms with Crippen molar-refractivity contribution in [2.75, 3.05) is 25.9 Å². The number of carbonyl (C=O) groups excluding carboxylic acids is 1. The molecule has 1 heterocycles. The third-order valence-electron chi connectivity index (χ3n) is 4.79. The number of amides is 1. The summed E-state index contributed by atoms with van der Waals surface area (Å²) in [5.74, 6) is 0.264. The van der Waals surface area contributed by atoms with Crippen LogP contribution in [0.4, 0.5) is 0 Å². The van der Waals surface area contributed by atoms with Gasteiger partial charge < -0.3 is 4.90 Å². The molecule has 5 nitrogen and oxygen atoms in total. The molecule has 0 bridgehead atoms. The number of likely N-dealkylation sites (tertiary alicyclic amines) is 1. The average molecular weight is 336 g/mol. The van der Waals surface area contributed by atoms with Gasteiger partial charge in [-0.1, -0.05) is 6.07 Å². The lowest BCUT2D eigenvalue weighted by atomic mass is 9.97. The van der Waals surface area contributed by atoms with Crippen molar-refractivity contribution >= 4 is 15.9 Å².